The molecule has 0 atom stereocenters. The van der Waals surface area contributed by atoms with Crippen LogP contribution in [0.3, 0.4) is 0 Å². The molecule has 12 heteroatoms. The van der Waals surface area contributed by atoms with Crippen LogP contribution in [0.15, 0.2) is 34.2 Å². The molecule has 37 heavy (non-hydrogen) atoms. The highest BCUT2D eigenvalue weighted by atomic mass is 32.1. The van der Waals surface area contributed by atoms with Gasteiger partial charge < -0.3 is 18.6 Å². The smallest absolute Gasteiger partial charge is 0.294 e. The lowest BCUT2D eigenvalue weighted by Gasteiger charge is -2.34. The van der Waals surface area contributed by atoms with Gasteiger partial charge in [0.15, 0.2) is 11.4 Å². The van der Waals surface area contributed by atoms with Gasteiger partial charge in [-0.1, -0.05) is 0 Å². The first-order chi connectivity index (χ1) is 17.7. The number of furan rings is 1. The second-order valence-electron chi connectivity index (χ2n) is 9.38. The van der Waals surface area contributed by atoms with E-state index >= 15 is 4.39 Å². The molecule has 4 heterocycles. The van der Waals surface area contributed by atoms with Crippen molar-refractivity contribution in [3.05, 3.63) is 40.5 Å². The Bertz CT molecular complexity index is 1550. The van der Waals surface area contributed by atoms with Crippen LogP contribution in [0.5, 0.6) is 16.7 Å². The summed E-state index contributed by atoms with van der Waals surface area (Å²) in [4.78, 5) is 9.75. The summed E-state index contributed by atoms with van der Waals surface area (Å²) in [6.07, 6.45) is 2.42. The Morgan fingerprint density at radius 2 is 1.89 bits per heavy atom. The van der Waals surface area contributed by atoms with Gasteiger partial charge in [-0.2, -0.15) is 0 Å². The zero-order valence-corrected chi connectivity index (χ0v) is 22.0. The Labute approximate surface area is 218 Å². The average Bonchev–Trinajstić information content (AvgIpc) is 3.66. The number of hydrogen-bond acceptors (Lipinski definition) is 9. The number of hydrogen-bond donors (Lipinski definition) is 0. The Balaban J connectivity index is 1.24. The minimum atomic E-state index is -1.59. The lowest BCUT2D eigenvalue weighted by Crippen LogP contribution is -2.34. The summed E-state index contributed by atoms with van der Waals surface area (Å²) >= 11 is 2.58. The highest BCUT2D eigenvalue weighted by Gasteiger charge is 2.44. The molecule has 5 aromatic rings. The summed E-state index contributed by atoms with van der Waals surface area (Å²) in [6, 6.07) is 5.40. The lowest BCUT2D eigenvalue weighted by atomic mass is 9.79. The Kier molecular flexibility index (Phi) is 5.83. The van der Waals surface area contributed by atoms with Gasteiger partial charge in [-0.25, -0.2) is 23.3 Å². The third kappa shape index (κ3) is 4.52. The summed E-state index contributed by atoms with van der Waals surface area (Å²) in [7, 11) is 3.13. The zero-order chi connectivity index (χ0) is 25.8. The molecular formula is C25H24F2N4O4S2. The van der Waals surface area contributed by atoms with Crippen LogP contribution in [0.1, 0.15) is 43.3 Å². The maximum Gasteiger partial charge on any atom is 0.294 e. The van der Waals surface area contributed by atoms with Crippen LogP contribution in [0.4, 0.5) is 8.78 Å². The van der Waals surface area contributed by atoms with Crippen LogP contribution >= 0.6 is 22.7 Å². The number of methoxy groups -OCH3 is 2. The minimum Gasteiger partial charge on any atom is -0.496 e. The first-order valence-electron chi connectivity index (χ1n) is 11.7. The molecular weight excluding hydrogens is 522 g/mol. The SMILES string of the molecule is COc1cc(OCc2csc(C3(F)CCC(C)(F)CC3)n2)c2cc(-c3cn4nc(OC)sc4n3)oc2c1. The van der Waals surface area contributed by atoms with Gasteiger partial charge in [-0.3, -0.25) is 0 Å². The van der Waals surface area contributed by atoms with Gasteiger partial charge in [0.25, 0.3) is 5.19 Å². The maximum absolute atomic E-state index is 15.5. The van der Waals surface area contributed by atoms with E-state index in [1.54, 1.807) is 42.4 Å². The maximum atomic E-state index is 15.5. The number of imidazole rings is 1. The van der Waals surface area contributed by atoms with E-state index < -0.39 is 11.3 Å². The van der Waals surface area contributed by atoms with E-state index in [9.17, 15) is 4.39 Å². The molecule has 1 aliphatic rings. The number of alkyl halides is 2. The molecule has 1 fully saturated rings. The van der Waals surface area contributed by atoms with E-state index in [-0.39, 0.29) is 32.3 Å². The van der Waals surface area contributed by atoms with Crippen molar-refractivity contribution in [2.75, 3.05) is 14.2 Å². The number of ether oxygens (including phenoxy) is 3. The van der Waals surface area contributed by atoms with Crippen molar-refractivity contribution in [1.29, 1.82) is 0 Å². The molecule has 0 spiro atoms. The normalized spacial score (nSPS) is 22.1. The van der Waals surface area contributed by atoms with Gasteiger partial charge in [0.2, 0.25) is 4.96 Å². The predicted octanol–water partition coefficient (Wildman–Crippen LogP) is 6.72. The molecule has 0 saturated heterocycles. The van der Waals surface area contributed by atoms with Gasteiger partial charge in [-0.15, -0.1) is 16.4 Å². The van der Waals surface area contributed by atoms with Crippen LogP contribution < -0.4 is 14.2 Å². The van der Waals surface area contributed by atoms with Crippen molar-refractivity contribution >= 4 is 38.6 Å². The minimum absolute atomic E-state index is 0.135. The third-order valence-electron chi connectivity index (χ3n) is 6.66. The standard InChI is InChI=1S/C25H24F2N4O4S2/c1-24(26)4-6-25(27,7-5-24)21-28-14(13-36-21)12-34-18-8-15(32-2)9-19-16(18)10-20(35-19)17-11-31-22(29-17)37-23(30-31)33-3/h8-11,13H,4-7,12H2,1-3H3. The number of fused-ring (bicyclic) bond motifs is 2. The third-order valence-corrected chi connectivity index (χ3v) is 8.61. The monoisotopic (exact) mass is 546 g/mol. The van der Waals surface area contributed by atoms with E-state index in [1.165, 1.54) is 29.6 Å². The van der Waals surface area contributed by atoms with Gasteiger partial charge in [-0.05, 0) is 50.0 Å². The summed E-state index contributed by atoms with van der Waals surface area (Å²) in [5.41, 5.74) is -1.09. The quantitative estimate of drug-likeness (QED) is 0.224. The topological polar surface area (TPSA) is 83.9 Å². The van der Waals surface area contributed by atoms with Crippen molar-refractivity contribution in [2.45, 2.75) is 50.6 Å². The number of nitrogens with zero attached hydrogens (tertiary/aromatic N) is 4. The Morgan fingerprint density at radius 3 is 2.62 bits per heavy atom. The van der Waals surface area contributed by atoms with Crippen molar-refractivity contribution in [3.63, 3.8) is 0 Å². The van der Waals surface area contributed by atoms with Crippen LogP contribution in [0.25, 0.3) is 27.4 Å². The largest absolute Gasteiger partial charge is 0.496 e. The van der Waals surface area contributed by atoms with Gasteiger partial charge >= 0.3 is 0 Å². The number of rotatable bonds is 7. The highest BCUT2D eigenvalue weighted by Crippen LogP contribution is 2.46. The molecule has 0 unspecified atom stereocenters. The summed E-state index contributed by atoms with van der Waals surface area (Å²) in [5, 5.41) is 7.73. The van der Waals surface area contributed by atoms with Gasteiger partial charge in [0.1, 0.15) is 40.1 Å². The summed E-state index contributed by atoms with van der Waals surface area (Å²) < 4.78 is 54.1. The Hall–Kier alpha value is -3.25. The van der Waals surface area contributed by atoms with Crippen LogP contribution in [-0.2, 0) is 12.3 Å². The second kappa shape index (κ2) is 8.95. The number of aromatic nitrogens is 4. The molecule has 4 aromatic heterocycles. The Morgan fingerprint density at radius 1 is 1.08 bits per heavy atom. The molecule has 0 amide bonds. The fraction of sp³-hybridized carbons (Fsp3) is 0.400. The van der Waals surface area contributed by atoms with Crippen molar-refractivity contribution in [1.82, 2.24) is 19.6 Å². The molecule has 0 radical (unpaired) electrons. The second-order valence-corrected chi connectivity index (χ2v) is 11.2. The molecule has 1 saturated carbocycles. The first-order valence-corrected chi connectivity index (χ1v) is 13.4. The van der Waals surface area contributed by atoms with E-state index in [1.807, 2.05) is 6.07 Å². The van der Waals surface area contributed by atoms with E-state index in [0.29, 0.717) is 49.4 Å². The molecule has 0 aliphatic heterocycles. The number of halogens is 2. The van der Waals surface area contributed by atoms with Gasteiger partial charge in [0.05, 0.1) is 31.5 Å². The summed E-state index contributed by atoms with van der Waals surface area (Å²) in [5.74, 6) is 1.66. The fourth-order valence-corrected chi connectivity index (χ4v) is 6.09. The first kappa shape index (κ1) is 24.1. The molecule has 1 aromatic carbocycles. The van der Waals surface area contributed by atoms with E-state index in [4.69, 9.17) is 18.6 Å². The summed E-state index contributed by atoms with van der Waals surface area (Å²) in [6.45, 7) is 1.67. The van der Waals surface area contributed by atoms with Crippen molar-refractivity contribution in [2.24, 2.45) is 0 Å². The van der Waals surface area contributed by atoms with Crippen molar-refractivity contribution in [3.8, 4) is 28.1 Å². The highest BCUT2D eigenvalue weighted by molar-refractivity contribution is 7.18. The lowest BCUT2D eigenvalue weighted by molar-refractivity contribution is 0.0205. The van der Waals surface area contributed by atoms with Gasteiger partial charge in [0, 0.05) is 17.5 Å². The van der Waals surface area contributed by atoms with Crippen LogP contribution in [-0.4, -0.2) is 39.5 Å². The average molecular weight is 547 g/mol. The number of benzene rings is 1. The van der Waals surface area contributed by atoms with Crippen LogP contribution in [0, 0.1) is 0 Å². The number of thiazole rings is 1. The van der Waals surface area contributed by atoms with E-state index in [0.717, 1.165) is 5.39 Å². The molecule has 8 nitrogen and oxygen atoms in total. The van der Waals surface area contributed by atoms with Crippen LogP contribution in [0.2, 0.25) is 0 Å². The zero-order valence-electron chi connectivity index (χ0n) is 20.4. The molecule has 6 rings (SSSR count). The van der Waals surface area contributed by atoms with E-state index in [2.05, 4.69) is 15.1 Å². The fourth-order valence-electron chi connectivity index (χ4n) is 4.44. The molecule has 194 valence electrons. The van der Waals surface area contributed by atoms with Crippen molar-refractivity contribution < 1.29 is 27.4 Å². The predicted molar refractivity (Wildman–Crippen MR) is 136 cm³/mol. The molecule has 1 aliphatic carbocycles. The molecule has 0 bridgehead atoms. The molecule has 0 N–H and O–H groups in total.